The quantitative estimate of drug-likeness (QED) is 0.233. The number of likely N-dealkylation sites (tertiary alicyclic amines) is 1. The molecule has 0 amide bonds. The van der Waals surface area contributed by atoms with Gasteiger partial charge in [0.2, 0.25) is 0 Å². The lowest BCUT2D eigenvalue weighted by atomic mass is 9.76. The molecule has 6 rings (SSSR count). The van der Waals surface area contributed by atoms with Gasteiger partial charge in [0.1, 0.15) is 5.54 Å². The molecule has 0 saturated carbocycles. The molecule has 1 unspecified atom stereocenters. The second kappa shape index (κ2) is 10.3. The van der Waals surface area contributed by atoms with Gasteiger partial charge >= 0.3 is 0 Å². The molecule has 1 aliphatic rings. The van der Waals surface area contributed by atoms with Crippen LogP contribution in [0, 0.1) is 0 Å². The van der Waals surface area contributed by atoms with E-state index in [0.29, 0.717) is 10.0 Å². The lowest BCUT2D eigenvalue weighted by Crippen LogP contribution is -2.51. The molecular formula is C32H30Cl2N4O. The fourth-order valence-corrected chi connectivity index (χ4v) is 6.51. The van der Waals surface area contributed by atoms with E-state index in [1.807, 2.05) is 56.0 Å². The zero-order chi connectivity index (χ0) is 27.1. The molecule has 1 fully saturated rings. The van der Waals surface area contributed by atoms with Crippen LogP contribution in [0.2, 0.25) is 10.0 Å². The van der Waals surface area contributed by atoms with Crippen molar-refractivity contribution in [2.45, 2.75) is 24.8 Å². The fraction of sp³-hybridized carbons (Fsp3) is 0.250. The van der Waals surface area contributed by atoms with Crippen LogP contribution in [0.3, 0.4) is 0 Å². The first kappa shape index (κ1) is 25.9. The molecule has 3 aromatic carbocycles. The largest absolute Gasteiger partial charge is 0.335 e. The fourth-order valence-electron chi connectivity index (χ4n) is 6.20. The van der Waals surface area contributed by atoms with Gasteiger partial charge in [-0.05, 0) is 84.6 Å². The van der Waals surface area contributed by atoms with Crippen LogP contribution in [0.25, 0.3) is 22.0 Å². The summed E-state index contributed by atoms with van der Waals surface area (Å²) >= 11 is 12.8. The highest BCUT2D eigenvalue weighted by molar-refractivity contribution is 6.31. The Bertz CT molecular complexity index is 1720. The first-order valence-electron chi connectivity index (χ1n) is 13.3. The number of nitrogens with zero attached hydrogens (tertiary/aromatic N) is 4. The number of fused-ring (bicyclic) bond motifs is 1. The van der Waals surface area contributed by atoms with Gasteiger partial charge in [-0.1, -0.05) is 60.0 Å². The Balaban J connectivity index is 1.72. The number of pyridine rings is 1. The average Bonchev–Trinajstić information content (AvgIpc) is 3.38. The van der Waals surface area contributed by atoms with Crippen LogP contribution in [-0.2, 0) is 19.6 Å². The maximum atomic E-state index is 13.0. The Labute approximate surface area is 238 Å². The molecular weight excluding hydrogens is 527 g/mol. The molecule has 0 N–H and O–H groups in total. The summed E-state index contributed by atoms with van der Waals surface area (Å²) in [5, 5.41) is 2.33. The molecule has 39 heavy (non-hydrogen) atoms. The Morgan fingerprint density at radius 3 is 2.26 bits per heavy atom. The van der Waals surface area contributed by atoms with Crippen LogP contribution in [0.4, 0.5) is 0 Å². The van der Waals surface area contributed by atoms with Gasteiger partial charge in [-0.15, -0.1) is 0 Å². The summed E-state index contributed by atoms with van der Waals surface area (Å²) < 4.78 is 3.83. The molecule has 0 spiro atoms. The Morgan fingerprint density at radius 2 is 1.56 bits per heavy atom. The van der Waals surface area contributed by atoms with Gasteiger partial charge < -0.3 is 9.13 Å². The molecule has 2 aromatic heterocycles. The van der Waals surface area contributed by atoms with Gasteiger partial charge in [0.05, 0.1) is 23.7 Å². The van der Waals surface area contributed by atoms with E-state index in [-0.39, 0.29) is 5.56 Å². The van der Waals surface area contributed by atoms with Crippen molar-refractivity contribution < 1.29 is 0 Å². The van der Waals surface area contributed by atoms with Gasteiger partial charge in [-0.3, -0.25) is 9.69 Å². The van der Waals surface area contributed by atoms with E-state index in [0.717, 1.165) is 64.8 Å². The Morgan fingerprint density at radius 1 is 0.821 bits per heavy atom. The molecule has 5 aromatic rings. The van der Waals surface area contributed by atoms with Crippen molar-refractivity contribution in [2.24, 2.45) is 14.1 Å². The van der Waals surface area contributed by atoms with Crippen LogP contribution < -0.4 is 5.56 Å². The van der Waals surface area contributed by atoms with Crippen LogP contribution >= 0.6 is 23.2 Å². The standard InChI is InChI=1S/C32H30Cl2N4O/c1-36-21-35-20-30(36)32(38-15-4-3-5-16-38,23-9-12-25(33)13-10-23)24-11-14-29-28(18-24)27(19-31(39)37(29)2)22-7-6-8-26(34)17-22/h6-14,17-21H,3-5,15-16H2,1-2H3. The molecule has 1 atom stereocenters. The zero-order valence-corrected chi connectivity index (χ0v) is 23.6. The maximum Gasteiger partial charge on any atom is 0.251 e. The van der Waals surface area contributed by atoms with E-state index in [2.05, 4.69) is 51.8 Å². The molecule has 198 valence electrons. The lowest BCUT2D eigenvalue weighted by molar-refractivity contribution is 0.122. The van der Waals surface area contributed by atoms with Gasteiger partial charge in [0, 0.05) is 35.6 Å². The number of aryl methyl sites for hydroxylation is 2. The molecule has 0 radical (unpaired) electrons. The number of hydrogen-bond acceptors (Lipinski definition) is 3. The first-order chi connectivity index (χ1) is 18.9. The number of halogens is 2. The Kier molecular flexibility index (Phi) is 6.84. The molecule has 1 saturated heterocycles. The van der Waals surface area contributed by atoms with Crippen molar-refractivity contribution in [2.75, 3.05) is 13.1 Å². The zero-order valence-electron chi connectivity index (χ0n) is 22.1. The predicted octanol–water partition coefficient (Wildman–Crippen LogP) is 7.02. The maximum absolute atomic E-state index is 13.0. The van der Waals surface area contributed by atoms with Gasteiger partial charge in [0.15, 0.2) is 0 Å². The summed E-state index contributed by atoms with van der Waals surface area (Å²) in [6.07, 6.45) is 7.32. The minimum Gasteiger partial charge on any atom is -0.335 e. The highest BCUT2D eigenvalue weighted by Gasteiger charge is 2.44. The summed E-state index contributed by atoms with van der Waals surface area (Å²) in [6, 6.07) is 24.1. The van der Waals surface area contributed by atoms with Gasteiger partial charge in [0.25, 0.3) is 5.56 Å². The van der Waals surface area contributed by atoms with E-state index >= 15 is 0 Å². The second-order valence-corrected chi connectivity index (χ2v) is 11.2. The molecule has 3 heterocycles. The van der Waals surface area contributed by atoms with E-state index in [1.54, 1.807) is 10.6 Å². The number of imidazole rings is 1. The second-order valence-electron chi connectivity index (χ2n) is 10.4. The summed E-state index contributed by atoms with van der Waals surface area (Å²) in [5.41, 5.74) is 5.32. The molecule has 5 nitrogen and oxygen atoms in total. The number of benzene rings is 3. The molecule has 7 heteroatoms. The van der Waals surface area contributed by atoms with Gasteiger partial charge in [-0.2, -0.15) is 0 Å². The topological polar surface area (TPSA) is 43.1 Å². The highest BCUT2D eigenvalue weighted by atomic mass is 35.5. The third kappa shape index (κ3) is 4.39. The van der Waals surface area contributed by atoms with E-state index in [1.165, 1.54) is 6.42 Å². The van der Waals surface area contributed by atoms with Crippen molar-refractivity contribution >= 4 is 34.1 Å². The molecule has 1 aliphatic heterocycles. The van der Waals surface area contributed by atoms with E-state index in [9.17, 15) is 4.79 Å². The van der Waals surface area contributed by atoms with Crippen molar-refractivity contribution in [1.82, 2.24) is 19.0 Å². The summed E-state index contributed by atoms with van der Waals surface area (Å²) in [5.74, 6) is 0. The van der Waals surface area contributed by atoms with Crippen molar-refractivity contribution in [1.29, 1.82) is 0 Å². The average molecular weight is 558 g/mol. The number of piperidine rings is 1. The Hall–Kier alpha value is -3.38. The first-order valence-corrected chi connectivity index (χ1v) is 14.0. The lowest BCUT2D eigenvalue weighted by Gasteiger charge is -2.47. The highest BCUT2D eigenvalue weighted by Crippen LogP contribution is 2.45. The van der Waals surface area contributed by atoms with Crippen LogP contribution in [0.5, 0.6) is 0 Å². The summed E-state index contributed by atoms with van der Waals surface area (Å²) in [4.78, 5) is 20.2. The summed E-state index contributed by atoms with van der Waals surface area (Å²) in [6.45, 7) is 1.92. The van der Waals surface area contributed by atoms with E-state index < -0.39 is 5.54 Å². The van der Waals surface area contributed by atoms with Crippen LogP contribution in [0.15, 0.2) is 90.1 Å². The van der Waals surface area contributed by atoms with Crippen molar-refractivity contribution in [3.05, 3.63) is 123 Å². The smallest absolute Gasteiger partial charge is 0.251 e. The number of hydrogen-bond donors (Lipinski definition) is 0. The SMILES string of the molecule is Cn1cncc1C(c1ccc(Cl)cc1)(c1ccc2c(c1)c(-c1cccc(Cl)c1)cc(=O)n2C)N1CCCCC1. The van der Waals surface area contributed by atoms with Crippen molar-refractivity contribution in [3.8, 4) is 11.1 Å². The predicted molar refractivity (Wildman–Crippen MR) is 160 cm³/mol. The third-order valence-electron chi connectivity index (χ3n) is 8.08. The third-order valence-corrected chi connectivity index (χ3v) is 8.57. The minimum atomic E-state index is -0.606. The number of aromatic nitrogens is 3. The summed E-state index contributed by atoms with van der Waals surface area (Å²) in [7, 11) is 3.88. The van der Waals surface area contributed by atoms with Gasteiger partial charge in [-0.25, -0.2) is 4.98 Å². The van der Waals surface area contributed by atoms with E-state index in [4.69, 9.17) is 23.2 Å². The molecule has 0 bridgehead atoms. The van der Waals surface area contributed by atoms with Crippen molar-refractivity contribution in [3.63, 3.8) is 0 Å². The minimum absolute atomic E-state index is 0.0585. The monoisotopic (exact) mass is 556 g/mol. The van der Waals surface area contributed by atoms with Crippen LogP contribution in [-0.4, -0.2) is 32.1 Å². The number of rotatable bonds is 5. The van der Waals surface area contributed by atoms with Crippen LogP contribution in [0.1, 0.15) is 36.1 Å². The molecule has 0 aliphatic carbocycles. The normalized spacial score (nSPS) is 15.9.